The molecule has 4 nitrogen and oxygen atoms in total. The number of nitrogens with one attached hydrogen (secondary N) is 1. The number of likely N-dealkylation sites (tertiary alicyclic amines) is 1. The van der Waals surface area contributed by atoms with E-state index in [2.05, 4.69) is 5.32 Å². The summed E-state index contributed by atoms with van der Waals surface area (Å²) in [7, 11) is 0. The van der Waals surface area contributed by atoms with Gasteiger partial charge in [0.25, 0.3) is 5.91 Å². The summed E-state index contributed by atoms with van der Waals surface area (Å²) in [5.74, 6) is 0.0694. The highest BCUT2D eigenvalue weighted by atomic mass is 16.2. The number of carbonyl (C=O) groups is 2. The van der Waals surface area contributed by atoms with Gasteiger partial charge in [-0.25, -0.2) is 0 Å². The lowest BCUT2D eigenvalue weighted by Gasteiger charge is -2.31. The largest absolute Gasteiger partial charge is 0.339 e. The van der Waals surface area contributed by atoms with E-state index in [1.165, 1.54) is 5.56 Å². The second-order valence-electron chi connectivity index (χ2n) is 7.17. The Kier molecular flexibility index (Phi) is 5.40. The summed E-state index contributed by atoms with van der Waals surface area (Å²) in [4.78, 5) is 27.1. The van der Waals surface area contributed by atoms with Crippen LogP contribution in [0, 0.1) is 26.7 Å². The molecule has 2 aromatic rings. The molecule has 1 aliphatic rings. The third-order valence-corrected chi connectivity index (χ3v) is 5.28. The van der Waals surface area contributed by atoms with Crippen LogP contribution < -0.4 is 5.32 Å². The number of carbonyl (C=O) groups excluding carboxylic acids is 2. The molecule has 1 heterocycles. The number of anilines is 1. The van der Waals surface area contributed by atoms with Crippen molar-refractivity contribution < 1.29 is 9.59 Å². The minimum Gasteiger partial charge on any atom is -0.339 e. The summed E-state index contributed by atoms with van der Waals surface area (Å²) >= 11 is 0. The molecule has 0 radical (unpaired) electrons. The fraction of sp³-hybridized carbons (Fsp3) is 0.364. The lowest BCUT2D eigenvalue weighted by molar-refractivity contribution is -0.121. The first-order valence-electron chi connectivity index (χ1n) is 9.18. The third kappa shape index (κ3) is 3.96. The van der Waals surface area contributed by atoms with Gasteiger partial charge in [0.15, 0.2) is 0 Å². The molecule has 0 unspecified atom stereocenters. The van der Waals surface area contributed by atoms with Gasteiger partial charge >= 0.3 is 0 Å². The normalized spacial score (nSPS) is 15.0. The van der Waals surface area contributed by atoms with Crippen LogP contribution in [0.4, 0.5) is 5.69 Å². The number of nitrogens with zero attached hydrogens (tertiary/aromatic N) is 1. The maximum Gasteiger partial charge on any atom is 0.253 e. The molecule has 0 bridgehead atoms. The highest BCUT2D eigenvalue weighted by Gasteiger charge is 2.28. The first kappa shape index (κ1) is 18.2. The quantitative estimate of drug-likeness (QED) is 0.906. The lowest BCUT2D eigenvalue weighted by Crippen LogP contribution is -2.41. The Morgan fingerprint density at radius 2 is 1.69 bits per heavy atom. The number of rotatable bonds is 3. The molecule has 1 N–H and O–H groups in total. The Morgan fingerprint density at radius 1 is 1.00 bits per heavy atom. The second-order valence-corrected chi connectivity index (χ2v) is 7.17. The van der Waals surface area contributed by atoms with Gasteiger partial charge in [-0.3, -0.25) is 9.59 Å². The standard InChI is InChI=1S/C22H26N2O2/c1-15-6-4-8-19(14-15)22(26)24-12-10-18(11-13-24)21(25)23-20-9-5-7-16(2)17(20)3/h4-9,14,18H,10-13H2,1-3H3,(H,23,25). The predicted octanol–water partition coefficient (Wildman–Crippen LogP) is 4.10. The van der Waals surface area contributed by atoms with Gasteiger partial charge in [0.05, 0.1) is 0 Å². The zero-order valence-corrected chi connectivity index (χ0v) is 15.7. The monoisotopic (exact) mass is 350 g/mol. The molecular weight excluding hydrogens is 324 g/mol. The van der Waals surface area contributed by atoms with E-state index in [-0.39, 0.29) is 17.7 Å². The summed E-state index contributed by atoms with van der Waals surface area (Å²) < 4.78 is 0. The molecule has 1 saturated heterocycles. The molecule has 3 rings (SSSR count). The number of hydrogen-bond acceptors (Lipinski definition) is 2. The lowest BCUT2D eigenvalue weighted by atomic mass is 9.95. The average molecular weight is 350 g/mol. The molecule has 136 valence electrons. The average Bonchev–Trinajstić information content (AvgIpc) is 2.65. The summed E-state index contributed by atoms with van der Waals surface area (Å²) in [5, 5.41) is 3.06. The van der Waals surface area contributed by atoms with Crippen LogP contribution in [-0.4, -0.2) is 29.8 Å². The molecule has 26 heavy (non-hydrogen) atoms. The fourth-order valence-corrected chi connectivity index (χ4v) is 3.43. The Hall–Kier alpha value is -2.62. The van der Waals surface area contributed by atoms with Gasteiger partial charge in [0.2, 0.25) is 5.91 Å². The van der Waals surface area contributed by atoms with Crippen molar-refractivity contribution in [2.24, 2.45) is 5.92 Å². The zero-order valence-electron chi connectivity index (χ0n) is 15.7. The van der Waals surface area contributed by atoms with E-state index in [1.54, 1.807) is 0 Å². The van der Waals surface area contributed by atoms with Crippen molar-refractivity contribution in [2.75, 3.05) is 18.4 Å². The van der Waals surface area contributed by atoms with Crippen LogP contribution in [-0.2, 0) is 4.79 Å². The van der Waals surface area contributed by atoms with Gasteiger partial charge in [-0.1, -0.05) is 29.8 Å². The van der Waals surface area contributed by atoms with Crippen molar-refractivity contribution in [1.82, 2.24) is 4.90 Å². The van der Waals surface area contributed by atoms with Gasteiger partial charge in [0, 0.05) is 30.3 Å². The molecule has 2 amide bonds. The molecule has 0 atom stereocenters. The Labute approximate surface area is 155 Å². The van der Waals surface area contributed by atoms with Crippen molar-refractivity contribution in [1.29, 1.82) is 0 Å². The first-order chi connectivity index (χ1) is 12.5. The molecule has 4 heteroatoms. The van der Waals surface area contributed by atoms with Gasteiger partial charge in [-0.15, -0.1) is 0 Å². The van der Waals surface area contributed by atoms with E-state index in [1.807, 2.05) is 68.1 Å². The van der Waals surface area contributed by atoms with Crippen LogP contribution in [0.5, 0.6) is 0 Å². The van der Waals surface area contributed by atoms with Crippen molar-refractivity contribution >= 4 is 17.5 Å². The molecule has 1 aliphatic heterocycles. The zero-order chi connectivity index (χ0) is 18.7. The molecule has 1 fully saturated rings. The molecule has 2 aromatic carbocycles. The molecule has 0 saturated carbocycles. The van der Waals surface area contributed by atoms with E-state index in [4.69, 9.17) is 0 Å². The maximum atomic E-state index is 12.6. The highest BCUT2D eigenvalue weighted by Crippen LogP contribution is 2.23. The fourth-order valence-electron chi connectivity index (χ4n) is 3.43. The summed E-state index contributed by atoms with van der Waals surface area (Å²) in [5.41, 5.74) is 4.96. The molecule has 0 spiro atoms. The van der Waals surface area contributed by atoms with Gasteiger partial charge in [0.1, 0.15) is 0 Å². The van der Waals surface area contributed by atoms with E-state index >= 15 is 0 Å². The minimum absolute atomic E-state index is 0.0449. The van der Waals surface area contributed by atoms with Crippen molar-refractivity contribution in [2.45, 2.75) is 33.6 Å². The Morgan fingerprint density at radius 3 is 2.38 bits per heavy atom. The van der Waals surface area contributed by atoms with Crippen LogP contribution >= 0.6 is 0 Å². The summed E-state index contributed by atoms with van der Waals surface area (Å²) in [6.45, 7) is 7.30. The predicted molar refractivity (Wildman–Crippen MR) is 104 cm³/mol. The number of piperidine rings is 1. The molecular formula is C22H26N2O2. The topological polar surface area (TPSA) is 49.4 Å². The van der Waals surface area contributed by atoms with E-state index in [0.29, 0.717) is 25.9 Å². The van der Waals surface area contributed by atoms with Crippen LogP contribution in [0.1, 0.15) is 39.9 Å². The minimum atomic E-state index is -0.0449. The smallest absolute Gasteiger partial charge is 0.253 e. The first-order valence-corrected chi connectivity index (χ1v) is 9.18. The van der Waals surface area contributed by atoms with Gasteiger partial charge in [-0.2, -0.15) is 0 Å². The second kappa shape index (κ2) is 7.73. The van der Waals surface area contributed by atoms with Crippen LogP contribution in [0.2, 0.25) is 0 Å². The van der Waals surface area contributed by atoms with E-state index < -0.39 is 0 Å². The van der Waals surface area contributed by atoms with Gasteiger partial charge in [-0.05, 0) is 62.9 Å². The number of aryl methyl sites for hydroxylation is 2. The highest BCUT2D eigenvalue weighted by molar-refractivity contribution is 5.95. The molecule has 0 aliphatic carbocycles. The number of benzene rings is 2. The van der Waals surface area contributed by atoms with E-state index in [0.717, 1.165) is 22.4 Å². The summed E-state index contributed by atoms with van der Waals surface area (Å²) in [6, 6.07) is 13.6. The SMILES string of the molecule is Cc1cccc(C(=O)N2CCC(C(=O)Nc3cccc(C)c3C)CC2)c1. The maximum absolute atomic E-state index is 12.6. The number of amides is 2. The van der Waals surface area contributed by atoms with E-state index in [9.17, 15) is 9.59 Å². The van der Waals surface area contributed by atoms with Crippen molar-refractivity contribution in [3.8, 4) is 0 Å². The van der Waals surface area contributed by atoms with Crippen molar-refractivity contribution in [3.05, 3.63) is 64.7 Å². The third-order valence-electron chi connectivity index (χ3n) is 5.28. The van der Waals surface area contributed by atoms with Crippen molar-refractivity contribution in [3.63, 3.8) is 0 Å². The Balaban J connectivity index is 1.58. The van der Waals surface area contributed by atoms with Crippen LogP contribution in [0.15, 0.2) is 42.5 Å². The van der Waals surface area contributed by atoms with Crippen LogP contribution in [0.25, 0.3) is 0 Å². The van der Waals surface area contributed by atoms with Crippen LogP contribution in [0.3, 0.4) is 0 Å². The van der Waals surface area contributed by atoms with Gasteiger partial charge < -0.3 is 10.2 Å². The molecule has 0 aromatic heterocycles. The number of hydrogen-bond donors (Lipinski definition) is 1. The summed E-state index contributed by atoms with van der Waals surface area (Å²) in [6.07, 6.45) is 1.41. The Bertz CT molecular complexity index is 821.